The number of nitrogens with zero attached hydrogens (tertiary/aromatic N) is 1. The number of phenolic OH excluding ortho intramolecular Hbond substituents is 4. The molecule has 0 aliphatic heterocycles. The predicted molar refractivity (Wildman–Crippen MR) is 85.8 cm³/mol. The largest absolute Gasteiger partial charge is 0.504 e. The third-order valence-corrected chi connectivity index (χ3v) is 3.25. The van der Waals surface area contributed by atoms with Crippen LogP contribution in [0.2, 0.25) is 0 Å². The summed E-state index contributed by atoms with van der Waals surface area (Å²) in [5.74, 6) is -2.39. The Bertz CT molecular complexity index is 793. The molecule has 0 aromatic heterocycles. The first kappa shape index (κ1) is 16.9. The minimum absolute atomic E-state index is 0.0203. The number of methoxy groups -OCH3 is 1. The summed E-state index contributed by atoms with van der Waals surface area (Å²) >= 11 is 0. The average molecular weight is 332 g/mol. The van der Waals surface area contributed by atoms with Crippen LogP contribution in [0.3, 0.4) is 0 Å². The lowest BCUT2D eigenvalue weighted by atomic mass is 10.1. The number of phenols is 4. The Morgan fingerprint density at radius 1 is 1.00 bits per heavy atom. The third-order valence-electron chi connectivity index (χ3n) is 3.25. The molecule has 0 aliphatic carbocycles. The van der Waals surface area contributed by atoms with Gasteiger partial charge in [-0.2, -0.15) is 5.10 Å². The van der Waals surface area contributed by atoms with Crippen LogP contribution in [0, 0.1) is 0 Å². The molecule has 0 aliphatic rings. The van der Waals surface area contributed by atoms with Crippen LogP contribution in [0.1, 0.15) is 22.8 Å². The Hall–Kier alpha value is -3.42. The van der Waals surface area contributed by atoms with Crippen LogP contribution in [0.5, 0.6) is 28.7 Å². The topological polar surface area (TPSA) is 132 Å². The second kappa shape index (κ2) is 6.78. The molecule has 0 spiro atoms. The Kier molecular flexibility index (Phi) is 4.78. The van der Waals surface area contributed by atoms with Crippen LogP contribution in [-0.4, -0.2) is 39.2 Å². The van der Waals surface area contributed by atoms with Crippen molar-refractivity contribution in [2.24, 2.45) is 5.10 Å². The SMILES string of the molecule is COc1cc(C(C)=NNC(=O)c2cc(O)c(O)c(O)c2)ccc1O. The van der Waals surface area contributed by atoms with E-state index in [1.807, 2.05) is 0 Å². The number of hydrazone groups is 1. The normalized spacial score (nSPS) is 11.2. The van der Waals surface area contributed by atoms with Crippen LogP contribution in [0.15, 0.2) is 35.4 Å². The Morgan fingerprint density at radius 3 is 2.21 bits per heavy atom. The number of benzene rings is 2. The van der Waals surface area contributed by atoms with E-state index in [9.17, 15) is 25.2 Å². The highest BCUT2D eigenvalue weighted by Crippen LogP contribution is 2.35. The fraction of sp³-hybridized carbons (Fsp3) is 0.125. The van der Waals surface area contributed by atoms with E-state index in [0.29, 0.717) is 11.3 Å². The van der Waals surface area contributed by atoms with Crippen LogP contribution >= 0.6 is 0 Å². The van der Waals surface area contributed by atoms with Gasteiger partial charge in [0.05, 0.1) is 12.8 Å². The van der Waals surface area contributed by atoms with Crippen LogP contribution in [0.4, 0.5) is 0 Å². The molecule has 0 unspecified atom stereocenters. The number of hydrogen-bond donors (Lipinski definition) is 5. The van der Waals surface area contributed by atoms with Crippen molar-refractivity contribution < 1.29 is 30.0 Å². The van der Waals surface area contributed by atoms with Crippen molar-refractivity contribution in [1.82, 2.24) is 5.43 Å². The third kappa shape index (κ3) is 3.49. The molecule has 0 bridgehead atoms. The van der Waals surface area contributed by atoms with Gasteiger partial charge < -0.3 is 25.2 Å². The molecular weight excluding hydrogens is 316 g/mol. The summed E-state index contributed by atoms with van der Waals surface area (Å²) in [4.78, 5) is 12.0. The number of hydrogen-bond acceptors (Lipinski definition) is 7. The van der Waals surface area contributed by atoms with Gasteiger partial charge in [-0.25, -0.2) is 5.43 Å². The summed E-state index contributed by atoms with van der Waals surface area (Å²) in [6.07, 6.45) is 0. The first-order valence-electron chi connectivity index (χ1n) is 6.80. The van der Waals surface area contributed by atoms with E-state index >= 15 is 0 Å². The monoisotopic (exact) mass is 332 g/mol. The lowest BCUT2D eigenvalue weighted by Crippen LogP contribution is -2.19. The standard InChI is InChI=1S/C16H16N2O6/c1-8(9-3-4-11(19)14(7-9)24-2)17-18-16(23)10-5-12(20)15(22)13(21)6-10/h3-7,19-22H,1-2H3,(H,18,23). The molecule has 0 radical (unpaired) electrons. The summed E-state index contributed by atoms with van der Waals surface area (Å²) in [5, 5.41) is 41.5. The molecule has 1 amide bonds. The van der Waals surface area contributed by atoms with E-state index in [1.54, 1.807) is 19.1 Å². The summed E-state index contributed by atoms with van der Waals surface area (Å²) in [7, 11) is 1.41. The highest BCUT2D eigenvalue weighted by molar-refractivity contribution is 6.01. The highest BCUT2D eigenvalue weighted by Gasteiger charge is 2.13. The molecule has 0 atom stereocenters. The summed E-state index contributed by atoms with van der Waals surface area (Å²) < 4.78 is 5.00. The minimum Gasteiger partial charge on any atom is -0.504 e. The average Bonchev–Trinajstić information content (AvgIpc) is 2.57. The van der Waals surface area contributed by atoms with E-state index in [1.165, 1.54) is 13.2 Å². The molecule has 0 fully saturated rings. The Balaban J connectivity index is 2.19. The number of nitrogens with one attached hydrogen (secondary N) is 1. The zero-order valence-corrected chi connectivity index (χ0v) is 12.9. The van der Waals surface area contributed by atoms with Crippen molar-refractivity contribution >= 4 is 11.6 Å². The number of carbonyl (C=O) groups excluding carboxylic acids is 1. The molecule has 2 aromatic rings. The molecule has 0 saturated carbocycles. The fourth-order valence-electron chi connectivity index (χ4n) is 1.90. The fourth-order valence-corrected chi connectivity index (χ4v) is 1.90. The Labute approximate surface area is 137 Å². The lowest BCUT2D eigenvalue weighted by molar-refractivity contribution is 0.0954. The lowest BCUT2D eigenvalue weighted by Gasteiger charge is -2.07. The molecule has 8 nitrogen and oxygen atoms in total. The first-order valence-corrected chi connectivity index (χ1v) is 6.80. The molecule has 2 aromatic carbocycles. The maximum absolute atomic E-state index is 12.0. The number of carbonyl (C=O) groups is 1. The number of aromatic hydroxyl groups is 4. The van der Waals surface area contributed by atoms with Crippen molar-refractivity contribution in [1.29, 1.82) is 0 Å². The van der Waals surface area contributed by atoms with Crippen molar-refractivity contribution in [3.05, 3.63) is 41.5 Å². The Morgan fingerprint density at radius 2 is 1.62 bits per heavy atom. The van der Waals surface area contributed by atoms with Crippen molar-refractivity contribution in [2.45, 2.75) is 6.92 Å². The van der Waals surface area contributed by atoms with Gasteiger partial charge in [-0.05, 0) is 37.3 Å². The van der Waals surface area contributed by atoms with E-state index in [-0.39, 0.29) is 17.1 Å². The smallest absolute Gasteiger partial charge is 0.271 e. The van der Waals surface area contributed by atoms with Gasteiger partial charge in [-0.3, -0.25) is 4.79 Å². The maximum atomic E-state index is 12.0. The van der Waals surface area contributed by atoms with Crippen molar-refractivity contribution in [3.63, 3.8) is 0 Å². The number of amides is 1. The van der Waals surface area contributed by atoms with Gasteiger partial charge in [0.25, 0.3) is 5.91 Å². The summed E-state index contributed by atoms with van der Waals surface area (Å²) in [6.45, 7) is 1.64. The summed E-state index contributed by atoms with van der Waals surface area (Å²) in [5.41, 5.74) is 3.24. The van der Waals surface area contributed by atoms with E-state index in [2.05, 4.69) is 10.5 Å². The molecule has 5 N–H and O–H groups in total. The van der Waals surface area contributed by atoms with Gasteiger partial charge >= 0.3 is 0 Å². The first-order chi connectivity index (χ1) is 11.3. The van der Waals surface area contributed by atoms with Gasteiger partial charge in [0.2, 0.25) is 0 Å². The second-order valence-corrected chi connectivity index (χ2v) is 4.89. The molecule has 8 heteroatoms. The summed E-state index contributed by atoms with van der Waals surface area (Å²) in [6, 6.07) is 6.59. The number of ether oxygens (including phenoxy) is 1. The minimum atomic E-state index is -0.706. The van der Waals surface area contributed by atoms with Crippen LogP contribution < -0.4 is 10.2 Å². The molecule has 0 saturated heterocycles. The van der Waals surface area contributed by atoms with Gasteiger partial charge in [0.1, 0.15) is 0 Å². The van der Waals surface area contributed by atoms with Gasteiger partial charge in [-0.15, -0.1) is 0 Å². The zero-order valence-electron chi connectivity index (χ0n) is 12.9. The van der Waals surface area contributed by atoms with E-state index in [4.69, 9.17) is 4.74 Å². The zero-order chi connectivity index (χ0) is 17.9. The van der Waals surface area contributed by atoms with E-state index < -0.39 is 23.2 Å². The highest BCUT2D eigenvalue weighted by atomic mass is 16.5. The predicted octanol–water partition coefficient (Wildman–Crippen LogP) is 1.67. The molecule has 126 valence electrons. The quantitative estimate of drug-likeness (QED) is 0.329. The molecular formula is C16H16N2O6. The van der Waals surface area contributed by atoms with Crippen molar-refractivity contribution in [3.8, 4) is 28.7 Å². The van der Waals surface area contributed by atoms with Crippen LogP contribution in [-0.2, 0) is 0 Å². The number of rotatable bonds is 4. The van der Waals surface area contributed by atoms with E-state index in [0.717, 1.165) is 12.1 Å². The molecule has 0 heterocycles. The van der Waals surface area contributed by atoms with Gasteiger partial charge in [0, 0.05) is 11.1 Å². The maximum Gasteiger partial charge on any atom is 0.271 e. The van der Waals surface area contributed by atoms with Gasteiger partial charge in [-0.1, -0.05) is 0 Å². The second-order valence-electron chi connectivity index (χ2n) is 4.89. The van der Waals surface area contributed by atoms with Crippen molar-refractivity contribution in [2.75, 3.05) is 7.11 Å². The molecule has 2 rings (SSSR count). The van der Waals surface area contributed by atoms with Gasteiger partial charge in [0.15, 0.2) is 28.7 Å². The van der Waals surface area contributed by atoms with Crippen LogP contribution in [0.25, 0.3) is 0 Å². The molecule has 24 heavy (non-hydrogen) atoms.